The summed E-state index contributed by atoms with van der Waals surface area (Å²) in [6.07, 6.45) is 0. The molecular formula is C11H21NO2. The predicted octanol–water partition coefficient (Wildman–Crippen LogP) is 1.86. The molecule has 0 spiro atoms. The van der Waals surface area contributed by atoms with Crippen LogP contribution in [0.5, 0.6) is 0 Å². The Balaban J connectivity index is 4.67. The van der Waals surface area contributed by atoms with E-state index in [2.05, 4.69) is 0 Å². The Kier molecular flexibility index (Phi) is 4.30. The van der Waals surface area contributed by atoms with Crippen molar-refractivity contribution < 1.29 is 9.59 Å². The summed E-state index contributed by atoms with van der Waals surface area (Å²) in [6, 6.07) is 0.0747. The zero-order chi connectivity index (χ0) is 11.5. The average molecular weight is 199 g/mol. The lowest BCUT2D eigenvalue weighted by Crippen LogP contribution is -2.45. The lowest BCUT2D eigenvalue weighted by atomic mass is 9.94. The molecule has 0 radical (unpaired) electrons. The molecule has 0 N–H and O–H groups in total. The van der Waals surface area contributed by atoms with Crippen molar-refractivity contribution in [2.75, 3.05) is 6.54 Å². The number of carbonyl (C=O) groups excluding carboxylic acids is 2. The van der Waals surface area contributed by atoms with Crippen molar-refractivity contribution in [1.29, 1.82) is 0 Å². The molecule has 0 fully saturated rings. The van der Waals surface area contributed by atoms with Crippen molar-refractivity contribution >= 4 is 11.7 Å². The summed E-state index contributed by atoms with van der Waals surface area (Å²) < 4.78 is 0. The molecule has 14 heavy (non-hydrogen) atoms. The van der Waals surface area contributed by atoms with Crippen LogP contribution in [0.25, 0.3) is 0 Å². The Morgan fingerprint density at radius 1 is 1.21 bits per heavy atom. The van der Waals surface area contributed by atoms with Gasteiger partial charge in [0.15, 0.2) is 0 Å². The summed E-state index contributed by atoms with van der Waals surface area (Å²) in [5.74, 6) is 0.0546. The van der Waals surface area contributed by atoms with E-state index in [0.29, 0.717) is 0 Å². The van der Waals surface area contributed by atoms with E-state index < -0.39 is 5.41 Å². The van der Waals surface area contributed by atoms with Gasteiger partial charge in [-0.1, -0.05) is 20.8 Å². The number of ketones is 1. The second-order valence-electron chi connectivity index (χ2n) is 4.98. The molecule has 3 heteroatoms. The Morgan fingerprint density at radius 3 is 1.86 bits per heavy atom. The van der Waals surface area contributed by atoms with Crippen LogP contribution >= 0.6 is 0 Å². The van der Waals surface area contributed by atoms with Crippen molar-refractivity contribution in [3.8, 4) is 0 Å². The van der Waals surface area contributed by atoms with Crippen LogP contribution < -0.4 is 0 Å². The fourth-order valence-electron chi connectivity index (χ4n) is 1.16. The standard InChI is InChI=1S/C11H21NO2/c1-8(2)12(7-9(3)13)10(14)11(4,5)6/h8H,7H2,1-6H3. The van der Waals surface area contributed by atoms with Gasteiger partial charge in [0.2, 0.25) is 5.91 Å². The molecule has 0 unspecified atom stereocenters. The molecule has 0 aromatic rings. The van der Waals surface area contributed by atoms with Crippen LogP contribution in [0.4, 0.5) is 0 Å². The maximum absolute atomic E-state index is 11.9. The largest absolute Gasteiger partial charge is 0.333 e. The zero-order valence-corrected chi connectivity index (χ0v) is 10.0. The van der Waals surface area contributed by atoms with Crippen molar-refractivity contribution in [2.45, 2.75) is 47.6 Å². The Bertz CT molecular complexity index is 226. The van der Waals surface area contributed by atoms with E-state index in [-0.39, 0.29) is 24.3 Å². The van der Waals surface area contributed by atoms with E-state index in [1.807, 2.05) is 34.6 Å². The van der Waals surface area contributed by atoms with E-state index in [1.54, 1.807) is 4.90 Å². The third-order valence-electron chi connectivity index (χ3n) is 1.92. The molecule has 0 aliphatic heterocycles. The topological polar surface area (TPSA) is 37.4 Å². The summed E-state index contributed by atoms with van der Waals surface area (Å²) in [6.45, 7) is 11.2. The maximum Gasteiger partial charge on any atom is 0.228 e. The number of Topliss-reactive ketones (excluding diaryl/α,β-unsaturated/α-hetero) is 1. The summed E-state index contributed by atoms with van der Waals surface area (Å²) >= 11 is 0. The average Bonchev–Trinajstić information content (AvgIpc) is 1.96. The van der Waals surface area contributed by atoms with Crippen molar-refractivity contribution in [3.63, 3.8) is 0 Å². The summed E-state index contributed by atoms with van der Waals surface area (Å²) in [5.41, 5.74) is -0.417. The smallest absolute Gasteiger partial charge is 0.228 e. The Labute approximate surface area is 86.5 Å². The van der Waals surface area contributed by atoms with Crippen molar-refractivity contribution in [2.24, 2.45) is 5.41 Å². The third-order valence-corrected chi connectivity index (χ3v) is 1.92. The van der Waals surface area contributed by atoms with Gasteiger partial charge in [0.05, 0.1) is 6.54 Å². The number of hydrogen-bond donors (Lipinski definition) is 0. The number of rotatable bonds is 3. The summed E-state index contributed by atoms with van der Waals surface area (Å²) in [5, 5.41) is 0. The SMILES string of the molecule is CC(=O)CN(C(=O)C(C)(C)C)C(C)C. The van der Waals surface area contributed by atoms with E-state index in [9.17, 15) is 9.59 Å². The van der Waals surface area contributed by atoms with Crippen LogP contribution in [0, 0.1) is 5.41 Å². The quantitative estimate of drug-likeness (QED) is 0.695. The van der Waals surface area contributed by atoms with Crippen molar-refractivity contribution in [1.82, 2.24) is 4.90 Å². The van der Waals surface area contributed by atoms with Gasteiger partial charge in [-0.25, -0.2) is 0 Å². The summed E-state index contributed by atoms with van der Waals surface area (Å²) in [7, 11) is 0. The zero-order valence-electron chi connectivity index (χ0n) is 10.0. The molecule has 82 valence electrons. The molecule has 0 atom stereocenters. The Morgan fingerprint density at radius 2 is 1.64 bits per heavy atom. The summed E-state index contributed by atoms with van der Waals surface area (Å²) in [4.78, 5) is 24.5. The molecule has 0 saturated heterocycles. The van der Waals surface area contributed by atoms with Crippen molar-refractivity contribution in [3.05, 3.63) is 0 Å². The second-order valence-corrected chi connectivity index (χ2v) is 4.98. The highest BCUT2D eigenvalue weighted by molar-refractivity contribution is 5.87. The van der Waals surface area contributed by atoms with Gasteiger partial charge < -0.3 is 4.90 Å². The first-order valence-corrected chi connectivity index (χ1v) is 4.96. The van der Waals surface area contributed by atoms with Crippen LogP contribution in [0.2, 0.25) is 0 Å². The van der Waals surface area contributed by atoms with Gasteiger partial charge >= 0.3 is 0 Å². The number of amides is 1. The molecule has 0 saturated carbocycles. The first kappa shape index (κ1) is 13.1. The normalized spacial score (nSPS) is 11.6. The van der Waals surface area contributed by atoms with Gasteiger partial charge in [0, 0.05) is 11.5 Å². The van der Waals surface area contributed by atoms with Gasteiger partial charge in [-0.2, -0.15) is 0 Å². The highest BCUT2D eigenvalue weighted by atomic mass is 16.2. The molecule has 0 bridgehead atoms. The number of nitrogens with zero attached hydrogens (tertiary/aromatic N) is 1. The van der Waals surface area contributed by atoms with Gasteiger partial charge in [-0.3, -0.25) is 9.59 Å². The Hall–Kier alpha value is -0.860. The minimum Gasteiger partial charge on any atom is -0.333 e. The maximum atomic E-state index is 11.9. The molecule has 0 heterocycles. The molecule has 0 rings (SSSR count). The van der Waals surface area contributed by atoms with E-state index in [1.165, 1.54) is 6.92 Å². The minimum atomic E-state index is -0.417. The predicted molar refractivity (Wildman–Crippen MR) is 57.0 cm³/mol. The third kappa shape index (κ3) is 3.90. The number of hydrogen-bond acceptors (Lipinski definition) is 2. The lowest BCUT2D eigenvalue weighted by molar-refractivity contribution is -0.143. The van der Waals surface area contributed by atoms with Gasteiger partial charge in [-0.05, 0) is 20.8 Å². The molecular weight excluding hydrogens is 178 g/mol. The highest BCUT2D eigenvalue weighted by Gasteiger charge is 2.29. The lowest BCUT2D eigenvalue weighted by Gasteiger charge is -2.31. The molecule has 0 aliphatic rings. The first-order chi connectivity index (χ1) is 6.16. The molecule has 0 aromatic heterocycles. The molecule has 1 amide bonds. The second kappa shape index (κ2) is 4.58. The van der Waals surface area contributed by atoms with E-state index >= 15 is 0 Å². The number of carbonyl (C=O) groups is 2. The van der Waals surface area contributed by atoms with Gasteiger partial charge in [-0.15, -0.1) is 0 Å². The minimum absolute atomic E-state index is 0.0244. The van der Waals surface area contributed by atoms with E-state index in [0.717, 1.165) is 0 Å². The van der Waals surface area contributed by atoms with Crippen LogP contribution in [0.3, 0.4) is 0 Å². The molecule has 3 nitrogen and oxygen atoms in total. The monoisotopic (exact) mass is 199 g/mol. The fraction of sp³-hybridized carbons (Fsp3) is 0.818. The van der Waals surface area contributed by atoms with Crippen LogP contribution in [0.1, 0.15) is 41.5 Å². The fourth-order valence-corrected chi connectivity index (χ4v) is 1.16. The molecule has 0 aliphatic carbocycles. The van der Waals surface area contributed by atoms with Gasteiger partial charge in [0.1, 0.15) is 5.78 Å². The van der Waals surface area contributed by atoms with E-state index in [4.69, 9.17) is 0 Å². The molecule has 0 aromatic carbocycles. The van der Waals surface area contributed by atoms with Crippen LogP contribution in [-0.4, -0.2) is 29.2 Å². The van der Waals surface area contributed by atoms with Crippen LogP contribution in [-0.2, 0) is 9.59 Å². The highest BCUT2D eigenvalue weighted by Crippen LogP contribution is 2.18. The van der Waals surface area contributed by atoms with Crippen LogP contribution in [0.15, 0.2) is 0 Å². The van der Waals surface area contributed by atoms with Gasteiger partial charge in [0.25, 0.3) is 0 Å². The first-order valence-electron chi connectivity index (χ1n) is 4.96.